The second-order valence-electron chi connectivity index (χ2n) is 7.48. The van der Waals surface area contributed by atoms with Gasteiger partial charge < -0.3 is 0 Å². The summed E-state index contributed by atoms with van der Waals surface area (Å²) in [4.78, 5) is 12.4. The third-order valence-corrected chi connectivity index (χ3v) is 5.55. The standard InChI is InChI=1S/C19H36N2O/c22-19(18-14-10-6-1-2-7-11-15-18)21-20-16-17-12-8-4-3-5-9-13-17/h17-18,20H,1-16H2,(H,21,22). The molecular formula is C19H36N2O. The Hall–Kier alpha value is -0.570. The highest BCUT2D eigenvalue weighted by molar-refractivity contribution is 5.78. The van der Waals surface area contributed by atoms with Crippen molar-refractivity contribution in [3.8, 4) is 0 Å². The van der Waals surface area contributed by atoms with Crippen LogP contribution in [-0.2, 0) is 4.79 Å². The number of hydrazine groups is 1. The lowest BCUT2D eigenvalue weighted by Crippen LogP contribution is -2.43. The van der Waals surface area contributed by atoms with Crippen molar-refractivity contribution in [3.63, 3.8) is 0 Å². The van der Waals surface area contributed by atoms with E-state index in [9.17, 15) is 4.79 Å². The molecule has 0 saturated heterocycles. The summed E-state index contributed by atoms with van der Waals surface area (Å²) < 4.78 is 0. The van der Waals surface area contributed by atoms with Gasteiger partial charge in [-0.2, -0.15) is 0 Å². The molecule has 0 unspecified atom stereocenters. The lowest BCUT2D eigenvalue weighted by molar-refractivity contribution is -0.126. The molecule has 0 radical (unpaired) electrons. The van der Waals surface area contributed by atoms with Gasteiger partial charge in [0, 0.05) is 12.5 Å². The fraction of sp³-hybridized carbons (Fsp3) is 0.947. The van der Waals surface area contributed by atoms with Crippen LogP contribution in [-0.4, -0.2) is 12.5 Å². The van der Waals surface area contributed by atoms with Crippen LogP contribution in [0.1, 0.15) is 96.3 Å². The Labute approximate surface area is 137 Å². The van der Waals surface area contributed by atoms with Crippen molar-refractivity contribution in [2.45, 2.75) is 96.3 Å². The van der Waals surface area contributed by atoms with Crippen molar-refractivity contribution >= 4 is 5.91 Å². The van der Waals surface area contributed by atoms with E-state index < -0.39 is 0 Å². The molecule has 0 aromatic rings. The van der Waals surface area contributed by atoms with Crippen molar-refractivity contribution in [1.29, 1.82) is 0 Å². The normalized spacial score (nSPS) is 23.6. The average Bonchev–Trinajstić information content (AvgIpc) is 2.62. The number of hydrogen-bond acceptors (Lipinski definition) is 2. The minimum Gasteiger partial charge on any atom is -0.291 e. The van der Waals surface area contributed by atoms with E-state index >= 15 is 0 Å². The van der Waals surface area contributed by atoms with Gasteiger partial charge in [-0.15, -0.1) is 0 Å². The molecule has 2 aliphatic carbocycles. The average molecular weight is 309 g/mol. The van der Waals surface area contributed by atoms with Crippen molar-refractivity contribution < 1.29 is 4.79 Å². The fourth-order valence-corrected chi connectivity index (χ4v) is 4.02. The summed E-state index contributed by atoms with van der Waals surface area (Å²) >= 11 is 0. The summed E-state index contributed by atoms with van der Waals surface area (Å²) in [6.07, 6.45) is 19.5. The summed E-state index contributed by atoms with van der Waals surface area (Å²) in [5.74, 6) is 1.23. The highest BCUT2D eigenvalue weighted by Crippen LogP contribution is 2.23. The molecule has 3 heteroatoms. The highest BCUT2D eigenvalue weighted by Gasteiger charge is 2.19. The maximum atomic E-state index is 12.4. The summed E-state index contributed by atoms with van der Waals surface area (Å²) in [5, 5.41) is 0. The van der Waals surface area contributed by atoms with E-state index in [2.05, 4.69) is 10.9 Å². The van der Waals surface area contributed by atoms with Gasteiger partial charge in [0.2, 0.25) is 5.91 Å². The lowest BCUT2D eigenvalue weighted by Gasteiger charge is -2.21. The van der Waals surface area contributed by atoms with E-state index in [1.165, 1.54) is 83.5 Å². The first-order chi connectivity index (χ1) is 10.9. The number of hydrogen-bond donors (Lipinski definition) is 2. The van der Waals surface area contributed by atoms with Crippen LogP contribution in [0.3, 0.4) is 0 Å². The van der Waals surface area contributed by atoms with E-state index in [0.717, 1.165) is 25.3 Å². The Balaban J connectivity index is 1.64. The van der Waals surface area contributed by atoms with E-state index in [4.69, 9.17) is 0 Å². The second-order valence-corrected chi connectivity index (χ2v) is 7.48. The molecule has 0 atom stereocenters. The van der Waals surface area contributed by atoms with Crippen molar-refractivity contribution in [2.24, 2.45) is 11.8 Å². The molecule has 2 aliphatic rings. The number of carbonyl (C=O) groups excluding carboxylic acids is 1. The molecule has 0 aliphatic heterocycles. The Morgan fingerprint density at radius 3 is 1.68 bits per heavy atom. The first-order valence-electron chi connectivity index (χ1n) is 9.89. The minimum atomic E-state index is 0.239. The summed E-state index contributed by atoms with van der Waals surface area (Å²) in [5.41, 5.74) is 6.27. The van der Waals surface area contributed by atoms with Gasteiger partial charge in [0.05, 0.1) is 0 Å². The third-order valence-electron chi connectivity index (χ3n) is 5.55. The van der Waals surface area contributed by atoms with Crippen LogP contribution in [0.5, 0.6) is 0 Å². The maximum Gasteiger partial charge on any atom is 0.237 e. The summed E-state index contributed by atoms with van der Waals surface area (Å²) in [6, 6.07) is 0. The predicted octanol–water partition coefficient (Wildman–Crippen LogP) is 4.72. The SMILES string of the molecule is O=C(NNCC1CCCCCCC1)C1CCCCCCCC1. The molecule has 2 N–H and O–H groups in total. The van der Waals surface area contributed by atoms with Crippen LogP contribution < -0.4 is 10.9 Å². The molecule has 0 bridgehead atoms. The van der Waals surface area contributed by atoms with Crippen LogP contribution in [0.4, 0.5) is 0 Å². The molecular weight excluding hydrogens is 272 g/mol. The van der Waals surface area contributed by atoms with Crippen LogP contribution in [0.2, 0.25) is 0 Å². The largest absolute Gasteiger partial charge is 0.291 e. The van der Waals surface area contributed by atoms with Gasteiger partial charge in [-0.25, -0.2) is 5.43 Å². The predicted molar refractivity (Wildman–Crippen MR) is 92.4 cm³/mol. The molecule has 1 amide bonds. The van der Waals surface area contributed by atoms with Crippen LogP contribution >= 0.6 is 0 Å². The second kappa shape index (κ2) is 11.0. The van der Waals surface area contributed by atoms with E-state index in [-0.39, 0.29) is 11.8 Å². The van der Waals surface area contributed by atoms with Gasteiger partial charge in [-0.05, 0) is 31.6 Å². The van der Waals surface area contributed by atoms with Crippen LogP contribution in [0.15, 0.2) is 0 Å². The van der Waals surface area contributed by atoms with Gasteiger partial charge in [-0.1, -0.05) is 70.6 Å². The van der Waals surface area contributed by atoms with Crippen LogP contribution in [0.25, 0.3) is 0 Å². The lowest BCUT2D eigenvalue weighted by atomic mass is 9.91. The maximum absolute atomic E-state index is 12.4. The molecule has 2 rings (SSSR count). The number of carbonyl (C=O) groups is 1. The third kappa shape index (κ3) is 7.13. The summed E-state index contributed by atoms with van der Waals surface area (Å²) in [7, 11) is 0. The first kappa shape index (κ1) is 17.8. The minimum absolute atomic E-state index is 0.239. The number of rotatable bonds is 4. The number of nitrogens with one attached hydrogen (secondary N) is 2. The molecule has 0 aromatic heterocycles. The molecule has 3 nitrogen and oxygen atoms in total. The van der Waals surface area contributed by atoms with E-state index in [0.29, 0.717) is 0 Å². The molecule has 0 aromatic carbocycles. The first-order valence-corrected chi connectivity index (χ1v) is 9.89. The molecule has 2 saturated carbocycles. The van der Waals surface area contributed by atoms with E-state index in [1.54, 1.807) is 0 Å². The Morgan fingerprint density at radius 2 is 1.14 bits per heavy atom. The summed E-state index contributed by atoms with van der Waals surface area (Å²) in [6.45, 7) is 0.957. The van der Waals surface area contributed by atoms with Gasteiger partial charge in [0.15, 0.2) is 0 Å². The molecule has 128 valence electrons. The zero-order chi connectivity index (χ0) is 15.5. The molecule has 0 spiro atoms. The smallest absolute Gasteiger partial charge is 0.237 e. The van der Waals surface area contributed by atoms with Crippen molar-refractivity contribution in [3.05, 3.63) is 0 Å². The van der Waals surface area contributed by atoms with Gasteiger partial charge in [-0.3, -0.25) is 10.2 Å². The molecule has 2 fully saturated rings. The zero-order valence-electron chi connectivity index (χ0n) is 14.4. The Morgan fingerprint density at radius 1 is 0.682 bits per heavy atom. The van der Waals surface area contributed by atoms with Gasteiger partial charge in [0.1, 0.15) is 0 Å². The molecule has 22 heavy (non-hydrogen) atoms. The Bertz CT molecular complexity index is 288. The Kier molecular flexibility index (Phi) is 8.92. The van der Waals surface area contributed by atoms with Crippen molar-refractivity contribution in [1.82, 2.24) is 10.9 Å². The highest BCUT2D eigenvalue weighted by atomic mass is 16.2. The quantitative estimate of drug-likeness (QED) is 0.738. The van der Waals surface area contributed by atoms with Crippen LogP contribution in [0, 0.1) is 11.8 Å². The monoisotopic (exact) mass is 308 g/mol. The zero-order valence-corrected chi connectivity index (χ0v) is 14.4. The number of amides is 1. The molecule has 0 heterocycles. The van der Waals surface area contributed by atoms with Gasteiger partial charge in [0.25, 0.3) is 0 Å². The van der Waals surface area contributed by atoms with Gasteiger partial charge >= 0.3 is 0 Å². The van der Waals surface area contributed by atoms with Crippen molar-refractivity contribution in [2.75, 3.05) is 6.54 Å². The fourth-order valence-electron chi connectivity index (χ4n) is 4.02. The topological polar surface area (TPSA) is 41.1 Å². The van der Waals surface area contributed by atoms with E-state index in [1.807, 2.05) is 0 Å².